The van der Waals surface area contributed by atoms with E-state index in [1.807, 2.05) is 5.51 Å². The minimum absolute atomic E-state index is 0.248. The number of thiazole rings is 1. The molecule has 2 N–H and O–H groups in total. The Bertz CT molecular complexity index is 496. The Morgan fingerprint density at radius 2 is 2.16 bits per heavy atom. The Balaban J connectivity index is 2.18. The van der Waals surface area contributed by atoms with Gasteiger partial charge in [-0.15, -0.1) is 11.3 Å². The molecule has 2 aromatic rings. The third-order valence-corrected chi connectivity index (χ3v) is 4.08. The molecule has 4 heteroatoms. The van der Waals surface area contributed by atoms with E-state index >= 15 is 0 Å². The molecular formula is C15H21N3S. The van der Waals surface area contributed by atoms with Crippen LogP contribution < -0.4 is 5.73 Å². The molecule has 19 heavy (non-hydrogen) atoms. The van der Waals surface area contributed by atoms with Gasteiger partial charge in [0.1, 0.15) is 0 Å². The van der Waals surface area contributed by atoms with Crippen molar-refractivity contribution in [3.8, 4) is 0 Å². The molecule has 0 radical (unpaired) electrons. The number of benzene rings is 1. The number of aryl methyl sites for hydroxylation is 1. The molecule has 0 amide bonds. The Labute approximate surface area is 119 Å². The number of hydrogen-bond donors (Lipinski definition) is 1. The van der Waals surface area contributed by atoms with Crippen LogP contribution in [0.2, 0.25) is 0 Å². The summed E-state index contributed by atoms with van der Waals surface area (Å²) >= 11 is 1.64. The van der Waals surface area contributed by atoms with Crippen molar-refractivity contribution >= 4 is 11.3 Å². The third-order valence-electron chi connectivity index (χ3n) is 3.45. The predicted molar refractivity (Wildman–Crippen MR) is 81.2 cm³/mol. The van der Waals surface area contributed by atoms with Crippen LogP contribution in [0.5, 0.6) is 0 Å². The van der Waals surface area contributed by atoms with Gasteiger partial charge in [0.15, 0.2) is 0 Å². The van der Waals surface area contributed by atoms with Gasteiger partial charge in [-0.3, -0.25) is 4.90 Å². The third kappa shape index (κ3) is 3.41. The SMILES string of the molecule is CCc1ccccc1C(CN)N(C)Cc1cscn1. The lowest BCUT2D eigenvalue weighted by molar-refractivity contribution is 0.238. The number of rotatable bonds is 6. The Morgan fingerprint density at radius 3 is 2.79 bits per heavy atom. The van der Waals surface area contributed by atoms with E-state index in [0.717, 1.165) is 18.7 Å². The van der Waals surface area contributed by atoms with Gasteiger partial charge in [0.25, 0.3) is 0 Å². The molecular weight excluding hydrogens is 254 g/mol. The average molecular weight is 275 g/mol. The van der Waals surface area contributed by atoms with E-state index < -0.39 is 0 Å². The van der Waals surface area contributed by atoms with Crippen LogP contribution in [0.25, 0.3) is 0 Å². The molecule has 1 atom stereocenters. The first-order chi connectivity index (χ1) is 9.26. The van der Waals surface area contributed by atoms with Gasteiger partial charge in [0, 0.05) is 24.5 Å². The molecule has 0 aliphatic heterocycles. The Hall–Kier alpha value is -1.23. The summed E-state index contributed by atoms with van der Waals surface area (Å²) in [4.78, 5) is 6.63. The second-order valence-electron chi connectivity index (χ2n) is 4.70. The molecule has 0 bridgehead atoms. The molecule has 0 aliphatic rings. The maximum atomic E-state index is 6.00. The second kappa shape index (κ2) is 6.80. The standard InChI is InChI=1S/C15H21N3S/c1-3-12-6-4-5-7-14(12)15(8-16)18(2)9-13-10-19-11-17-13/h4-7,10-11,15H,3,8-9,16H2,1-2H3. The van der Waals surface area contributed by atoms with Gasteiger partial charge in [-0.25, -0.2) is 4.98 Å². The fourth-order valence-corrected chi connectivity index (χ4v) is 2.96. The van der Waals surface area contributed by atoms with Crippen LogP contribution >= 0.6 is 11.3 Å². The van der Waals surface area contributed by atoms with Gasteiger partial charge in [0.05, 0.1) is 11.2 Å². The van der Waals surface area contributed by atoms with Crippen LogP contribution in [0.4, 0.5) is 0 Å². The van der Waals surface area contributed by atoms with Gasteiger partial charge < -0.3 is 5.73 Å². The minimum Gasteiger partial charge on any atom is -0.329 e. The first-order valence-corrected chi connectivity index (χ1v) is 7.55. The number of hydrogen-bond acceptors (Lipinski definition) is 4. The first kappa shape index (κ1) is 14.2. The van der Waals surface area contributed by atoms with Gasteiger partial charge in [-0.1, -0.05) is 31.2 Å². The van der Waals surface area contributed by atoms with E-state index in [-0.39, 0.29) is 6.04 Å². The molecule has 1 aromatic carbocycles. The Kier molecular flexibility index (Phi) is 5.07. The fourth-order valence-electron chi connectivity index (χ4n) is 2.41. The monoisotopic (exact) mass is 275 g/mol. The fraction of sp³-hybridized carbons (Fsp3) is 0.400. The molecule has 3 nitrogen and oxygen atoms in total. The van der Waals surface area contributed by atoms with Gasteiger partial charge in [-0.05, 0) is 24.6 Å². The lowest BCUT2D eigenvalue weighted by Gasteiger charge is -2.28. The normalized spacial score (nSPS) is 12.8. The molecule has 0 fully saturated rings. The Morgan fingerprint density at radius 1 is 1.37 bits per heavy atom. The minimum atomic E-state index is 0.248. The summed E-state index contributed by atoms with van der Waals surface area (Å²) < 4.78 is 0. The molecule has 102 valence electrons. The van der Waals surface area contributed by atoms with Crippen LogP contribution in [0.15, 0.2) is 35.2 Å². The lowest BCUT2D eigenvalue weighted by Crippen LogP contribution is -2.31. The van der Waals surface area contributed by atoms with Crippen molar-refractivity contribution in [3.05, 3.63) is 52.0 Å². The van der Waals surface area contributed by atoms with Gasteiger partial charge in [0.2, 0.25) is 0 Å². The summed E-state index contributed by atoms with van der Waals surface area (Å²) in [5.74, 6) is 0. The predicted octanol–water partition coefficient (Wildman–Crippen LogP) is 2.84. The zero-order valence-electron chi connectivity index (χ0n) is 11.5. The summed E-state index contributed by atoms with van der Waals surface area (Å²) in [6.45, 7) is 3.65. The maximum Gasteiger partial charge on any atom is 0.0795 e. The van der Waals surface area contributed by atoms with E-state index in [1.165, 1.54) is 11.1 Å². The van der Waals surface area contributed by atoms with E-state index in [1.54, 1.807) is 11.3 Å². The molecule has 0 saturated carbocycles. The van der Waals surface area contributed by atoms with Gasteiger partial charge in [-0.2, -0.15) is 0 Å². The molecule has 1 aromatic heterocycles. The van der Waals surface area contributed by atoms with Gasteiger partial charge >= 0.3 is 0 Å². The van der Waals surface area contributed by atoms with Crippen molar-refractivity contribution in [1.82, 2.24) is 9.88 Å². The highest BCUT2D eigenvalue weighted by atomic mass is 32.1. The molecule has 0 spiro atoms. The van der Waals surface area contributed by atoms with E-state index in [2.05, 4.69) is 53.5 Å². The van der Waals surface area contributed by atoms with Crippen LogP contribution in [-0.4, -0.2) is 23.5 Å². The molecule has 0 aliphatic carbocycles. The molecule has 1 heterocycles. The highest BCUT2D eigenvalue weighted by molar-refractivity contribution is 7.07. The van der Waals surface area contributed by atoms with Crippen molar-refractivity contribution < 1.29 is 0 Å². The van der Waals surface area contributed by atoms with Crippen LogP contribution in [0.1, 0.15) is 29.8 Å². The zero-order chi connectivity index (χ0) is 13.7. The highest BCUT2D eigenvalue weighted by Gasteiger charge is 2.18. The van der Waals surface area contributed by atoms with E-state index in [4.69, 9.17) is 5.73 Å². The van der Waals surface area contributed by atoms with Crippen molar-refractivity contribution in [2.45, 2.75) is 25.9 Å². The summed E-state index contributed by atoms with van der Waals surface area (Å²) in [6, 6.07) is 8.81. The van der Waals surface area contributed by atoms with Crippen LogP contribution in [0, 0.1) is 0 Å². The van der Waals surface area contributed by atoms with Crippen molar-refractivity contribution in [2.75, 3.05) is 13.6 Å². The summed E-state index contributed by atoms with van der Waals surface area (Å²) in [7, 11) is 2.11. The number of nitrogens with zero attached hydrogens (tertiary/aromatic N) is 2. The number of nitrogens with two attached hydrogens (primary N) is 1. The highest BCUT2D eigenvalue weighted by Crippen LogP contribution is 2.24. The summed E-state index contributed by atoms with van der Waals surface area (Å²) in [6.07, 6.45) is 1.04. The number of aromatic nitrogens is 1. The van der Waals surface area contributed by atoms with E-state index in [0.29, 0.717) is 6.54 Å². The number of likely N-dealkylation sites (N-methyl/N-ethyl adjacent to an activating group) is 1. The maximum absolute atomic E-state index is 6.00. The molecule has 1 unspecified atom stereocenters. The smallest absolute Gasteiger partial charge is 0.0795 e. The van der Waals surface area contributed by atoms with E-state index in [9.17, 15) is 0 Å². The average Bonchev–Trinajstić information content (AvgIpc) is 2.93. The first-order valence-electron chi connectivity index (χ1n) is 6.61. The second-order valence-corrected chi connectivity index (χ2v) is 5.42. The topological polar surface area (TPSA) is 42.1 Å². The van der Waals surface area contributed by atoms with Crippen molar-refractivity contribution in [3.63, 3.8) is 0 Å². The van der Waals surface area contributed by atoms with Crippen LogP contribution in [0.3, 0.4) is 0 Å². The summed E-state index contributed by atoms with van der Waals surface area (Å²) in [5, 5.41) is 2.09. The van der Waals surface area contributed by atoms with Crippen molar-refractivity contribution in [2.24, 2.45) is 5.73 Å². The van der Waals surface area contributed by atoms with Crippen molar-refractivity contribution in [1.29, 1.82) is 0 Å². The largest absolute Gasteiger partial charge is 0.329 e. The zero-order valence-corrected chi connectivity index (χ0v) is 12.4. The lowest BCUT2D eigenvalue weighted by atomic mass is 9.97. The van der Waals surface area contributed by atoms with Crippen LogP contribution in [-0.2, 0) is 13.0 Å². The summed E-state index contributed by atoms with van der Waals surface area (Å²) in [5.41, 5.74) is 11.7. The molecule has 0 saturated heterocycles. The molecule has 2 rings (SSSR count). The quantitative estimate of drug-likeness (QED) is 0.881.